The van der Waals surface area contributed by atoms with Gasteiger partial charge in [-0.1, -0.05) is 57.7 Å². The smallest absolute Gasteiger partial charge is 0.127 e. The van der Waals surface area contributed by atoms with E-state index in [1.165, 1.54) is 37.7 Å². The number of rotatable bonds is 5. The molecule has 1 aromatic carbocycles. The average Bonchev–Trinajstić information content (AvgIpc) is 2.49. The second-order valence-electron chi connectivity index (χ2n) is 7.43. The van der Waals surface area contributed by atoms with E-state index in [1.54, 1.807) is 0 Å². The van der Waals surface area contributed by atoms with Gasteiger partial charge in [0.2, 0.25) is 0 Å². The molecule has 2 nitrogen and oxygen atoms in total. The number of ether oxygens (including phenoxy) is 1. The molecule has 0 saturated carbocycles. The maximum absolute atomic E-state index is 10.7. The van der Waals surface area contributed by atoms with Crippen molar-refractivity contribution in [3.63, 3.8) is 0 Å². The van der Waals surface area contributed by atoms with Crippen LogP contribution in [0.2, 0.25) is 0 Å². The van der Waals surface area contributed by atoms with Gasteiger partial charge in [-0.15, -0.1) is 0 Å². The molecule has 0 fully saturated rings. The van der Waals surface area contributed by atoms with Gasteiger partial charge < -0.3 is 9.84 Å². The van der Waals surface area contributed by atoms with Crippen molar-refractivity contribution in [3.8, 4) is 5.75 Å². The molecule has 0 bridgehead atoms. The highest BCUT2D eigenvalue weighted by Crippen LogP contribution is 2.50. The minimum atomic E-state index is -0.868. The first kappa shape index (κ1) is 15.6. The van der Waals surface area contributed by atoms with Crippen LogP contribution >= 0.6 is 0 Å². The highest BCUT2D eigenvalue weighted by molar-refractivity contribution is 5.82. The topological polar surface area (TPSA) is 29.5 Å². The Morgan fingerprint density at radius 1 is 1.18 bits per heavy atom. The van der Waals surface area contributed by atoms with E-state index < -0.39 is 5.60 Å². The van der Waals surface area contributed by atoms with Crippen molar-refractivity contribution in [2.75, 3.05) is 6.61 Å². The van der Waals surface area contributed by atoms with Crippen molar-refractivity contribution in [3.05, 3.63) is 35.4 Å². The van der Waals surface area contributed by atoms with Crippen LogP contribution < -0.4 is 4.74 Å². The summed E-state index contributed by atoms with van der Waals surface area (Å²) in [7, 11) is 0. The molecule has 0 saturated heterocycles. The number of hydrogen-bond acceptors (Lipinski definition) is 2. The minimum absolute atomic E-state index is 0.166. The standard InChI is InChI=1S/C20H28O2/c1-4-5-6-7-12-19(2)13-11-16-18-15(19)9-8-10-17(18)22-14-20(16,3)21/h8-11,21H,4-7,12-14H2,1-3H3. The van der Waals surface area contributed by atoms with E-state index in [2.05, 4.69) is 32.1 Å². The Labute approximate surface area is 134 Å². The molecule has 2 atom stereocenters. The molecular formula is C20H28O2. The predicted molar refractivity (Wildman–Crippen MR) is 91.3 cm³/mol. The fourth-order valence-corrected chi connectivity index (χ4v) is 3.94. The molecular weight excluding hydrogens is 272 g/mol. The van der Waals surface area contributed by atoms with Crippen molar-refractivity contribution >= 4 is 5.57 Å². The zero-order valence-corrected chi connectivity index (χ0v) is 14.1. The maximum atomic E-state index is 10.7. The summed E-state index contributed by atoms with van der Waals surface area (Å²) < 4.78 is 5.83. The first-order chi connectivity index (χ1) is 10.5. The Hall–Kier alpha value is -1.28. The lowest BCUT2D eigenvalue weighted by molar-refractivity contribution is 0.0540. The Kier molecular flexibility index (Phi) is 4.07. The van der Waals surface area contributed by atoms with Crippen molar-refractivity contribution in [2.45, 2.75) is 70.3 Å². The lowest BCUT2D eigenvalue weighted by Gasteiger charge is -2.42. The normalized spacial score (nSPS) is 29.5. The Balaban J connectivity index is 1.94. The highest BCUT2D eigenvalue weighted by Gasteiger charge is 2.42. The lowest BCUT2D eigenvalue weighted by atomic mass is 9.66. The number of hydrogen-bond donors (Lipinski definition) is 1. The van der Waals surface area contributed by atoms with Gasteiger partial charge in [-0.05, 0) is 42.4 Å². The van der Waals surface area contributed by atoms with Gasteiger partial charge in [0.05, 0.1) is 0 Å². The molecule has 1 aliphatic heterocycles. The van der Waals surface area contributed by atoms with Crippen LogP contribution in [-0.2, 0) is 5.41 Å². The monoisotopic (exact) mass is 300 g/mol. The highest BCUT2D eigenvalue weighted by atomic mass is 16.5. The van der Waals surface area contributed by atoms with Crippen LogP contribution in [-0.4, -0.2) is 17.3 Å². The molecule has 2 unspecified atom stereocenters. The molecule has 1 aromatic rings. The predicted octanol–water partition coefficient (Wildman–Crippen LogP) is 4.85. The minimum Gasteiger partial charge on any atom is -0.490 e. The fourth-order valence-electron chi connectivity index (χ4n) is 3.94. The molecule has 1 N–H and O–H groups in total. The van der Waals surface area contributed by atoms with Crippen LogP contribution in [0.4, 0.5) is 0 Å². The van der Waals surface area contributed by atoms with Crippen molar-refractivity contribution in [1.29, 1.82) is 0 Å². The van der Waals surface area contributed by atoms with Crippen LogP contribution in [0.15, 0.2) is 24.3 Å². The first-order valence-electron chi connectivity index (χ1n) is 8.68. The van der Waals surface area contributed by atoms with Gasteiger partial charge >= 0.3 is 0 Å². The molecule has 3 rings (SSSR count). The molecule has 120 valence electrons. The van der Waals surface area contributed by atoms with Crippen molar-refractivity contribution in [2.24, 2.45) is 0 Å². The quantitative estimate of drug-likeness (QED) is 0.788. The summed E-state index contributed by atoms with van der Waals surface area (Å²) in [6, 6.07) is 6.36. The van der Waals surface area contributed by atoms with E-state index in [1.807, 2.05) is 13.0 Å². The zero-order valence-electron chi connectivity index (χ0n) is 14.1. The molecule has 0 spiro atoms. The van der Waals surface area contributed by atoms with Crippen molar-refractivity contribution < 1.29 is 9.84 Å². The van der Waals surface area contributed by atoms with E-state index in [9.17, 15) is 5.11 Å². The largest absolute Gasteiger partial charge is 0.490 e. The van der Waals surface area contributed by atoms with Gasteiger partial charge in [0.25, 0.3) is 0 Å². The molecule has 22 heavy (non-hydrogen) atoms. The third-order valence-electron chi connectivity index (χ3n) is 5.37. The van der Waals surface area contributed by atoms with Gasteiger partial charge in [-0.2, -0.15) is 0 Å². The second kappa shape index (κ2) is 5.73. The SMILES string of the molecule is CCCCCCC1(C)CC=C2c3c(cccc31)OCC2(C)O. The fraction of sp³-hybridized carbons (Fsp3) is 0.600. The van der Waals surface area contributed by atoms with Crippen LogP contribution in [0.1, 0.15) is 70.4 Å². The molecule has 0 aromatic heterocycles. The molecule has 2 aliphatic rings. The Morgan fingerprint density at radius 2 is 2.00 bits per heavy atom. The number of benzene rings is 1. The van der Waals surface area contributed by atoms with E-state index in [0.717, 1.165) is 23.3 Å². The Bertz CT molecular complexity index is 585. The van der Waals surface area contributed by atoms with Crippen LogP contribution in [0.5, 0.6) is 5.75 Å². The molecule has 1 aliphatic carbocycles. The van der Waals surface area contributed by atoms with Gasteiger partial charge in [0, 0.05) is 5.56 Å². The van der Waals surface area contributed by atoms with Gasteiger partial charge in [-0.25, -0.2) is 0 Å². The second-order valence-corrected chi connectivity index (χ2v) is 7.43. The molecule has 1 heterocycles. The van der Waals surface area contributed by atoms with Crippen LogP contribution in [0.25, 0.3) is 5.57 Å². The van der Waals surface area contributed by atoms with Crippen molar-refractivity contribution in [1.82, 2.24) is 0 Å². The summed E-state index contributed by atoms with van der Waals surface area (Å²) in [5, 5.41) is 10.7. The van der Waals surface area contributed by atoms with E-state index >= 15 is 0 Å². The third kappa shape index (κ3) is 2.58. The van der Waals surface area contributed by atoms with E-state index in [4.69, 9.17) is 4.74 Å². The first-order valence-corrected chi connectivity index (χ1v) is 8.68. The summed E-state index contributed by atoms with van der Waals surface area (Å²) in [5.41, 5.74) is 2.88. The van der Waals surface area contributed by atoms with Gasteiger partial charge in [0.1, 0.15) is 18.0 Å². The summed E-state index contributed by atoms with van der Waals surface area (Å²) >= 11 is 0. The van der Waals surface area contributed by atoms with Crippen LogP contribution in [0, 0.1) is 0 Å². The lowest BCUT2D eigenvalue weighted by Crippen LogP contribution is -2.40. The summed E-state index contributed by atoms with van der Waals surface area (Å²) in [6.07, 6.45) is 9.66. The van der Waals surface area contributed by atoms with Gasteiger partial charge in [0.15, 0.2) is 0 Å². The number of aliphatic hydroxyl groups is 1. The molecule has 0 amide bonds. The molecule has 0 radical (unpaired) electrons. The zero-order chi connectivity index (χ0) is 15.8. The maximum Gasteiger partial charge on any atom is 0.127 e. The summed E-state index contributed by atoms with van der Waals surface area (Å²) in [6.45, 7) is 6.83. The third-order valence-corrected chi connectivity index (χ3v) is 5.37. The molecule has 2 heteroatoms. The Morgan fingerprint density at radius 3 is 2.77 bits per heavy atom. The van der Waals surface area contributed by atoms with E-state index in [0.29, 0.717) is 6.61 Å². The van der Waals surface area contributed by atoms with Crippen LogP contribution in [0.3, 0.4) is 0 Å². The van der Waals surface area contributed by atoms with Gasteiger partial charge in [-0.3, -0.25) is 0 Å². The number of allylic oxidation sites excluding steroid dienone is 1. The summed E-state index contributed by atoms with van der Waals surface area (Å²) in [4.78, 5) is 0. The van der Waals surface area contributed by atoms with E-state index in [-0.39, 0.29) is 5.41 Å². The number of unbranched alkanes of at least 4 members (excludes halogenated alkanes) is 3. The summed E-state index contributed by atoms with van der Waals surface area (Å²) in [5.74, 6) is 0.940. The average molecular weight is 300 g/mol.